The summed E-state index contributed by atoms with van der Waals surface area (Å²) < 4.78 is 24.6. The maximum absolute atomic E-state index is 13.5. The number of anilines is 1. The van der Waals surface area contributed by atoms with Crippen molar-refractivity contribution in [1.82, 2.24) is 9.88 Å². The van der Waals surface area contributed by atoms with Gasteiger partial charge in [-0.2, -0.15) is 0 Å². The van der Waals surface area contributed by atoms with Crippen molar-refractivity contribution in [3.63, 3.8) is 0 Å². The molecule has 7 nitrogen and oxygen atoms in total. The van der Waals surface area contributed by atoms with Crippen LogP contribution in [-0.2, 0) is 16.1 Å². The van der Waals surface area contributed by atoms with Crippen molar-refractivity contribution >= 4 is 23.1 Å². The van der Waals surface area contributed by atoms with Gasteiger partial charge >= 0.3 is 0 Å². The van der Waals surface area contributed by atoms with Gasteiger partial charge in [0.2, 0.25) is 0 Å². The second-order valence-corrected chi connectivity index (χ2v) is 7.29. The Bertz CT molecular complexity index is 1230. The van der Waals surface area contributed by atoms with Crippen LogP contribution in [0.25, 0.3) is 5.57 Å². The van der Waals surface area contributed by atoms with Crippen molar-refractivity contribution in [2.24, 2.45) is 0 Å². The fraction of sp³-hybridized carbons (Fsp3) is 0.125. The number of pyridine rings is 1. The molecular weight excluding hydrogens is 413 g/mol. The average molecular weight is 431 g/mol. The molecule has 0 bridgehead atoms. The molecule has 8 heteroatoms. The van der Waals surface area contributed by atoms with E-state index < -0.39 is 17.6 Å². The molecule has 0 saturated heterocycles. The first-order valence-corrected chi connectivity index (χ1v) is 10.0. The molecule has 2 aliphatic rings. The summed E-state index contributed by atoms with van der Waals surface area (Å²) in [6, 6.07) is 14.2. The number of rotatable bonds is 5. The molecule has 2 aromatic carbocycles. The van der Waals surface area contributed by atoms with Crippen LogP contribution in [0.3, 0.4) is 0 Å². The number of ether oxygens (including phenoxy) is 2. The van der Waals surface area contributed by atoms with Crippen molar-refractivity contribution < 1.29 is 23.5 Å². The Morgan fingerprint density at radius 3 is 2.38 bits per heavy atom. The third kappa shape index (κ3) is 3.66. The second-order valence-electron chi connectivity index (χ2n) is 7.29. The number of amides is 2. The van der Waals surface area contributed by atoms with E-state index >= 15 is 0 Å². The number of nitrogens with one attached hydrogen (secondary N) is 1. The lowest BCUT2D eigenvalue weighted by Crippen LogP contribution is -2.32. The van der Waals surface area contributed by atoms with Gasteiger partial charge in [-0.15, -0.1) is 0 Å². The van der Waals surface area contributed by atoms with E-state index in [2.05, 4.69) is 10.3 Å². The van der Waals surface area contributed by atoms with Crippen molar-refractivity contribution in [1.29, 1.82) is 0 Å². The van der Waals surface area contributed by atoms with Gasteiger partial charge in [-0.3, -0.25) is 19.5 Å². The molecule has 2 amide bonds. The molecule has 0 radical (unpaired) electrons. The van der Waals surface area contributed by atoms with Gasteiger partial charge in [0.05, 0.1) is 12.1 Å². The zero-order valence-corrected chi connectivity index (χ0v) is 16.9. The van der Waals surface area contributed by atoms with Crippen molar-refractivity contribution in [3.05, 3.63) is 89.6 Å². The topological polar surface area (TPSA) is 80.8 Å². The molecule has 0 unspecified atom stereocenters. The first-order valence-electron chi connectivity index (χ1n) is 10.0. The van der Waals surface area contributed by atoms with Crippen LogP contribution in [0.15, 0.2) is 72.7 Å². The van der Waals surface area contributed by atoms with Crippen LogP contribution < -0.4 is 14.8 Å². The number of aromatic nitrogens is 1. The molecule has 3 heterocycles. The van der Waals surface area contributed by atoms with E-state index in [0.717, 1.165) is 10.5 Å². The van der Waals surface area contributed by atoms with E-state index in [1.165, 1.54) is 24.3 Å². The Balaban J connectivity index is 1.52. The van der Waals surface area contributed by atoms with Crippen molar-refractivity contribution in [2.45, 2.75) is 6.54 Å². The number of nitrogens with zero attached hydrogens (tertiary/aromatic N) is 2. The smallest absolute Gasteiger partial charge is 0.278 e. The normalized spacial score (nSPS) is 15.3. The summed E-state index contributed by atoms with van der Waals surface area (Å²) in [5.41, 5.74) is 2.07. The average Bonchev–Trinajstić information content (AvgIpc) is 3.04. The van der Waals surface area contributed by atoms with E-state index in [0.29, 0.717) is 36.0 Å². The minimum absolute atomic E-state index is 0.0944. The van der Waals surface area contributed by atoms with Gasteiger partial charge in [-0.25, -0.2) is 4.39 Å². The standard InChI is InChI=1S/C24H18FN3O4/c25-17-3-1-16(2-4-17)21-22(27-18-5-6-19-20(13-18)32-12-11-31-19)24(30)28(23(21)29)14-15-7-9-26-10-8-15/h1-10,13,27H,11-12,14H2. The van der Waals surface area contributed by atoms with Crippen molar-refractivity contribution in [2.75, 3.05) is 18.5 Å². The van der Waals surface area contributed by atoms with Crippen LogP contribution in [0.4, 0.5) is 10.1 Å². The minimum Gasteiger partial charge on any atom is -0.486 e. The number of benzene rings is 2. The molecule has 0 aliphatic carbocycles. The van der Waals surface area contributed by atoms with Gasteiger partial charge in [0.25, 0.3) is 11.8 Å². The van der Waals surface area contributed by atoms with Crippen molar-refractivity contribution in [3.8, 4) is 11.5 Å². The van der Waals surface area contributed by atoms with E-state index in [9.17, 15) is 14.0 Å². The molecule has 0 fully saturated rings. The van der Waals surface area contributed by atoms with Crippen LogP contribution in [0, 0.1) is 5.82 Å². The predicted molar refractivity (Wildman–Crippen MR) is 114 cm³/mol. The number of imide groups is 1. The van der Waals surface area contributed by atoms with Gasteiger partial charge < -0.3 is 14.8 Å². The van der Waals surface area contributed by atoms with Gasteiger partial charge in [0.1, 0.15) is 24.7 Å². The Morgan fingerprint density at radius 2 is 1.62 bits per heavy atom. The number of fused-ring (bicyclic) bond motifs is 1. The predicted octanol–water partition coefficient (Wildman–Crippen LogP) is 3.38. The first-order chi connectivity index (χ1) is 15.6. The molecule has 1 aromatic heterocycles. The highest BCUT2D eigenvalue weighted by Crippen LogP contribution is 2.36. The Hall–Kier alpha value is -4.20. The van der Waals surface area contributed by atoms with Crippen LogP contribution in [0.1, 0.15) is 11.1 Å². The van der Waals surface area contributed by atoms with E-state index in [1.54, 1.807) is 42.7 Å². The second kappa shape index (κ2) is 8.14. The molecule has 3 aromatic rings. The lowest BCUT2D eigenvalue weighted by molar-refractivity contribution is -0.137. The summed E-state index contributed by atoms with van der Waals surface area (Å²) in [5.74, 6) is -0.195. The fourth-order valence-electron chi connectivity index (χ4n) is 3.66. The lowest BCUT2D eigenvalue weighted by atomic mass is 10.0. The van der Waals surface area contributed by atoms with E-state index in [-0.39, 0.29) is 17.8 Å². The summed E-state index contributed by atoms with van der Waals surface area (Å²) in [7, 11) is 0. The highest BCUT2D eigenvalue weighted by atomic mass is 19.1. The van der Waals surface area contributed by atoms with Gasteiger partial charge in [-0.05, 0) is 47.5 Å². The lowest BCUT2D eigenvalue weighted by Gasteiger charge is -2.19. The molecule has 0 spiro atoms. The molecule has 32 heavy (non-hydrogen) atoms. The number of halogens is 1. The summed E-state index contributed by atoms with van der Waals surface area (Å²) in [5, 5.41) is 3.08. The summed E-state index contributed by atoms with van der Waals surface area (Å²) in [4.78, 5) is 31.7. The summed E-state index contributed by atoms with van der Waals surface area (Å²) in [6.45, 7) is 0.991. The molecule has 160 valence electrons. The fourth-order valence-corrected chi connectivity index (χ4v) is 3.66. The molecule has 0 saturated carbocycles. The van der Waals surface area contributed by atoms with Crippen LogP contribution in [-0.4, -0.2) is 34.9 Å². The maximum atomic E-state index is 13.5. The van der Waals surface area contributed by atoms with Gasteiger partial charge in [0.15, 0.2) is 11.5 Å². The highest BCUT2D eigenvalue weighted by Gasteiger charge is 2.39. The number of hydrogen-bond acceptors (Lipinski definition) is 6. The highest BCUT2D eigenvalue weighted by molar-refractivity contribution is 6.36. The summed E-state index contributed by atoms with van der Waals surface area (Å²) >= 11 is 0. The first kappa shape index (κ1) is 19.7. The SMILES string of the molecule is O=C1C(Nc2ccc3c(c2)OCCO3)=C(c2ccc(F)cc2)C(=O)N1Cc1ccncc1. The number of hydrogen-bond donors (Lipinski definition) is 1. The molecular formula is C24H18FN3O4. The number of carbonyl (C=O) groups is 2. The van der Waals surface area contributed by atoms with E-state index in [1.807, 2.05) is 0 Å². The zero-order chi connectivity index (χ0) is 22.1. The quantitative estimate of drug-likeness (QED) is 0.624. The van der Waals surface area contributed by atoms with Gasteiger partial charge in [-0.1, -0.05) is 12.1 Å². The Labute approximate surface area is 183 Å². The van der Waals surface area contributed by atoms with Crippen LogP contribution >= 0.6 is 0 Å². The largest absolute Gasteiger partial charge is 0.486 e. The molecule has 5 rings (SSSR count). The number of carbonyl (C=O) groups excluding carboxylic acids is 2. The monoisotopic (exact) mass is 431 g/mol. The van der Waals surface area contributed by atoms with E-state index in [4.69, 9.17) is 9.47 Å². The molecule has 2 aliphatic heterocycles. The Kier molecular flexibility index (Phi) is 5.03. The third-order valence-electron chi connectivity index (χ3n) is 5.20. The molecule has 1 N–H and O–H groups in total. The minimum atomic E-state index is -0.471. The summed E-state index contributed by atoms with van der Waals surface area (Å²) in [6.07, 6.45) is 3.20. The zero-order valence-electron chi connectivity index (χ0n) is 16.9. The third-order valence-corrected chi connectivity index (χ3v) is 5.20. The maximum Gasteiger partial charge on any atom is 0.278 e. The van der Waals surface area contributed by atoms with Gasteiger partial charge in [0, 0.05) is 24.1 Å². The van der Waals surface area contributed by atoms with Crippen LogP contribution in [0.5, 0.6) is 11.5 Å². The van der Waals surface area contributed by atoms with Crippen LogP contribution in [0.2, 0.25) is 0 Å². The Morgan fingerprint density at radius 1 is 0.906 bits per heavy atom. The molecule has 0 atom stereocenters.